The molecule has 0 radical (unpaired) electrons. The largest absolute Gasteiger partial charge is 0.508 e. The summed E-state index contributed by atoms with van der Waals surface area (Å²) in [6.45, 7) is 1.88. The van der Waals surface area contributed by atoms with Gasteiger partial charge in [0.25, 0.3) is 0 Å². The summed E-state index contributed by atoms with van der Waals surface area (Å²) in [5, 5.41) is 0. The molecule has 0 saturated heterocycles. The van der Waals surface area contributed by atoms with Gasteiger partial charge < -0.3 is 19.3 Å². The average molecular weight is 186 g/mol. The highest BCUT2D eigenvalue weighted by Gasteiger charge is 2.08. The van der Waals surface area contributed by atoms with Crippen molar-refractivity contribution in [2.24, 2.45) is 0 Å². The number of methoxy groups -OCH3 is 1. The molecule has 0 aliphatic carbocycles. The monoisotopic (exact) mass is 186 g/mol. The van der Waals surface area contributed by atoms with Crippen LogP contribution in [0.15, 0.2) is 12.4 Å². The van der Waals surface area contributed by atoms with Crippen LogP contribution in [0.4, 0.5) is 4.79 Å². The molecule has 1 heterocycles. The van der Waals surface area contributed by atoms with E-state index in [0.29, 0.717) is 13.2 Å². The maximum absolute atomic E-state index is 10.6. The highest BCUT2D eigenvalue weighted by molar-refractivity contribution is 5.59. The van der Waals surface area contributed by atoms with Crippen molar-refractivity contribution in [1.29, 1.82) is 0 Å². The van der Waals surface area contributed by atoms with E-state index in [1.54, 1.807) is 0 Å². The van der Waals surface area contributed by atoms with Crippen LogP contribution in [-0.2, 0) is 9.47 Å². The second kappa shape index (κ2) is 4.59. The topological polar surface area (TPSA) is 42.0 Å². The fraction of sp³-hybridized carbons (Fsp3) is 0.625. The third-order valence-electron chi connectivity index (χ3n) is 1.70. The summed E-state index contributed by atoms with van der Waals surface area (Å²) in [7, 11) is 3.28. The van der Waals surface area contributed by atoms with Crippen molar-refractivity contribution in [3.05, 3.63) is 12.4 Å². The molecule has 5 heteroatoms. The van der Waals surface area contributed by atoms with Crippen LogP contribution in [0.3, 0.4) is 0 Å². The molecular weight excluding hydrogens is 172 g/mol. The van der Waals surface area contributed by atoms with Gasteiger partial charge in [-0.1, -0.05) is 0 Å². The van der Waals surface area contributed by atoms with Crippen molar-refractivity contribution in [2.45, 2.75) is 0 Å². The summed E-state index contributed by atoms with van der Waals surface area (Å²) in [4.78, 5) is 14.6. The van der Waals surface area contributed by atoms with Crippen molar-refractivity contribution in [2.75, 3.05) is 34.0 Å². The number of hydrogen-bond donors (Lipinski definition) is 0. The molecular formula is C8H14N2O3. The number of rotatable bonds is 3. The third kappa shape index (κ3) is 3.23. The van der Waals surface area contributed by atoms with Gasteiger partial charge in [0.2, 0.25) is 0 Å². The van der Waals surface area contributed by atoms with Gasteiger partial charge in [0.05, 0.1) is 20.3 Å². The molecule has 1 rings (SSSR count). The van der Waals surface area contributed by atoms with Gasteiger partial charge in [-0.2, -0.15) is 0 Å². The lowest BCUT2D eigenvalue weighted by atomic mass is 10.6. The zero-order valence-electron chi connectivity index (χ0n) is 7.90. The van der Waals surface area contributed by atoms with Crippen LogP contribution < -0.4 is 0 Å². The van der Waals surface area contributed by atoms with E-state index in [1.165, 1.54) is 7.11 Å². The van der Waals surface area contributed by atoms with Gasteiger partial charge >= 0.3 is 6.16 Å². The summed E-state index contributed by atoms with van der Waals surface area (Å²) in [6.07, 6.45) is 3.30. The molecule has 0 unspecified atom stereocenters. The number of ether oxygens (including phenoxy) is 2. The first-order chi connectivity index (χ1) is 6.22. The molecule has 0 N–H and O–H groups in total. The Balaban J connectivity index is 2.07. The summed E-state index contributed by atoms with van der Waals surface area (Å²) < 4.78 is 9.06. The van der Waals surface area contributed by atoms with E-state index in [4.69, 9.17) is 4.74 Å². The van der Waals surface area contributed by atoms with Crippen molar-refractivity contribution in [3.63, 3.8) is 0 Å². The standard InChI is InChI=1S/C8H14N2O3/c1-9-3-4-10(7-9)5-6-13-8(11)12-2/h3-4H,5-7H2,1-2H3. The van der Waals surface area contributed by atoms with E-state index in [2.05, 4.69) is 4.74 Å². The van der Waals surface area contributed by atoms with Crippen molar-refractivity contribution < 1.29 is 14.3 Å². The van der Waals surface area contributed by atoms with Gasteiger partial charge in [0.1, 0.15) is 6.61 Å². The van der Waals surface area contributed by atoms with Crippen LogP contribution in [0.1, 0.15) is 0 Å². The Morgan fingerprint density at radius 1 is 1.54 bits per heavy atom. The quantitative estimate of drug-likeness (QED) is 0.598. The Hall–Kier alpha value is -1.39. The molecule has 13 heavy (non-hydrogen) atoms. The molecule has 0 aromatic rings. The lowest BCUT2D eigenvalue weighted by molar-refractivity contribution is 0.0665. The molecule has 0 amide bonds. The number of nitrogens with zero attached hydrogens (tertiary/aromatic N) is 2. The molecule has 1 aliphatic rings. The Bertz CT molecular complexity index is 206. The highest BCUT2D eigenvalue weighted by atomic mass is 16.7. The number of carbonyl (C=O) groups excluding carboxylic acids is 1. The van der Waals surface area contributed by atoms with E-state index in [9.17, 15) is 4.79 Å². The summed E-state index contributed by atoms with van der Waals surface area (Å²) in [5.74, 6) is 0. The second-order valence-corrected chi connectivity index (χ2v) is 2.81. The Morgan fingerprint density at radius 3 is 2.85 bits per heavy atom. The molecule has 0 atom stereocenters. The van der Waals surface area contributed by atoms with Crippen LogP contribution in [0.25, 0.3) is 0 Å². The molecule has 0 saturated carbocycles. The van der Waals surface area contributed by atoms with Crippen LogP contribution in [0.2, 0.25) is 0 Å². The summed E-state index contributed by atoms with van der Waals surface area (Å²) >= 11 is 0. The van der Waals surface area contributed by atoms with E-state index in [0.717, 1.165) is 6.67 Å². The minimum Gasteiger partial charge on any atom is -0.438 e. The zero-order valence-corrected chi connectivity index (χ0v) is 7.90. The normalized spacial score (nSPS) is 14.9. The van der Waals surface area contributed by atoms with E-state index < -0.39 is 6.16 Å². The molecule has 74 valence electrons. The minimum absolute atomic E-state index is 0.352. The smallest absolute Gasteiger partial charge is 0.438 e. The van der Waals surface area contributed by atoms with Gasteiger partial charge in [-0.3, -0.25) is 0 Å². The maximum atomic E-state index is 10.6. The van der Waals surface area contributed by atoms with Crippen LogP contribution in [0.5, 0.6) is 0 Å². The molecule has 1 aliphatic heterocycles. The zero-order chi connectivity index (χ0) is 9.68. The van der Waals surface area contributed by atoms with Gasteiger partial charge in [-0.25, -0.2) is 4.79 Å². The van der Waals surface area contributed by atoms with E-state index in [-0.39, 0.29) is 0 Å². The Labute approximate surface area is 77.5 Å². The first kappa shape index (κ1) is 9.70. The lowest BCUT2D eigenvalue weighted by Crippen LogP contribution is -2.26. The Morgan fingerprint density at radius 2 is 2.31 bits per heavy atom. The molecule has 5 nitrogen and oxygen atoms in total. The van der Waals surface area contributed by atoms with Crippen LogP contribution in [0, 0.1) is 0 Å². The maximum Gasteiger partial charge on any atom is 0.508 e. The van der Waals surface area contributed by atoms with E-state index in [1.807, 2.05) is 29.2 Å². The van der Waals surface area contributed by atoms with Gasteiger partial charge in [-0.05, 0) is 0 Å². The molecule has 0 bridgehead atoms. The fourth-order valence-electron chi connectivity index (χ4n) is 1.04. The fourth-order valence-corrected chi connectivity index (χ4v) is 1.04. The highest BCUT2D eigenvalue weighted by Crippen LogP contribution is 2.02. The van der Waals surface area contributed by atoms with Gasteiger partial charge in [0, 0.05) is 19.4 Å². The van der Waals surface area contributed by atoms with Gasteiger partial charge in [-0.15, -0.1) is 0 Å². The minimum atomic E-state index is -0.628. The number of hydrogen-bond acceptors (Lipinski definition) is 5. The summed E-state index contributed by atoms with van der Waals surface area (Å²) in [5.41, 5.74) is 0. The lowest BCUT2D eigenvalue weighted by Gasteiger charge is -2.17. The molecule has 0 fully saturated rings. The number of carbonyl (C=O) groups is 1. The molecule has 0 aromatic heterocycles. The first-order valence-electron chi connectivity index (χ1n) is 4.05. The van der Waals surface area contributed by atoms with Gasteiger partial charge in [0.15, 0.2) is 0 Å². The molecule has 0 spiro atoms. The first-order valence-corrected chi connectivity index (χ1v) is 4.05. The Kier molecular flexibility index (Phi) is 3.42. The SMILES string of the molecule is COC(=O)OCCN1C=CN(C)C1. The molecule has 0 aromatic carbocycles. The predicted molar refractivity (Wildman–Crippen MR) is 46.8 cm³/mol. The van der Waals surface area contributed by atoms with Crippen LogP contribution in [-0.4, -0.2) is 49.9 Å². The summed E-state index contributed by atoms with van der Waals surface area (Å²) in [6, 6.07) is 0. The van der Waals surface area contributed by atoms with Crippen molar-refractivity contribution in [1.82, 2.24) is 9.80 Å². The van der Waals surface area contributed by atoms with Crippen molar-refractivity contribution in [3.8, 4) is 0 Å². The third-order valence-corrected chi connectivity index (χ3v) is 1.70. The van der Waals surface area contributed by atoms with Crippen molar-refractivity contribution >= 4 is 6.16 Å². The van der Waals surface area contributed by atoms with E-state index >= 15 is 0 Å². The second-order valence-electron chi connectivity index (χ2n) is 2.81. The average Bonchev–Trinajstić information content (AvgIpc) is 2.51. The predicted octanol–water partition coefficient (Wildman–Crippen LogP) is 0.446. The van der Waals surface area contributed by atoms with Crippen LogP contribution >= 0.6 is 0 Å².